The van der Waals surface area contributed by atoms with Gasteiger partial charge in [-0.05, 0) is 49.1 Å². The number of halogens is 1. The lowest BCUT2D eigenvalue weighted by Crippen LogP contribution is -2.40. The Hall–Kier alpha value is -2.21. The summed E-state index contributed by atoms with van der Waals surface area (Å²) < 4.78 is 13.0. The maximum atomic E-state index is 13.0. The van der Waals surface area contributed by atoms with Crippen LogP contribution in [0.3, 0.4) is 0 Å². The van der Waals surface area contributed by atoms with Crippen LogP contribution < -0.4 is 0 Å². The van der Waals surface area contributed by atoms with E-state index in [1.807, 2.05) is 6.92 Å². The number of hydrogen-bond donors (Lipinski definition) is 1. The summed E-state index contributed by atoms with van der Waals surface area (Å²) in [5.74, 6) is -1.50. The van der Waals surface area contributed by atoms with Crippen molar-refractivity contribution in [3.05, 3.63) is 45.9 Å². The van der Waals surface area contributed by atoms with E-state index >= 15 is 0 Å². The van der Waals surface area contributed by atoms with E-state index in [0.717, 1.165) is 16.0 Å². The number of carboxylic acids is 1. The quantitative estimate of drug-likeness (QED) is 0.934. The van der Waals surface area contributed by atoms with Crippen LogP contribution in [-0.2, 0) is 4.79 Å². The number of amides is 1. The highest BCUT2D eigenvalue weighted by Crippen LogP contribution is 2.33. The van der Waals surface area contributed by atoms with Crippen LogP contribution in [-0.4, -0.2) is 34.5 Å². The maximum Gasteiger partial charge on any atom is 0.326 e. The van der Waals surface area contributed by atoms with Gasteiger partial charge in [-0.3, -0.25) is 4.79 Å². The summed E-state index contributed by atoms with van der Waals surface area (Å²) in [5.41, 5.74) is 1.72. The predicted molar refractivity (Wildman–Crippen MR) is 86.1 cm³/mol. The van der Waals surface area contributed by atoms with Gasteiger partial charge in [0.05, 0.1) is 4.88 Å². The van der Waals surface area contributed by atoms with Crippen LogP contribution in [0.2, 0.25) is 0 Å². The first-order valence-electron chi connectivity index (χ1n) is 7.37. The van der Waals surface area contributed by atoms with Gasteiger partial charge in [-0.2, -0.15) is 0 Å². The van der Waals surface area contributed by atoms with Gasteiger partial charge in [0.1, 0.15) is 11.9 Å². The van der Waals surface area contributed by atoms with Crippen molar-refractivity contribution in [2.75, 3.05) is 6.54 Å². The van der Waals surface area contributed by atoms with E-state index in [4.69, 9.17) is 0 Å². The zero-order valence-corrected chi connectivity index (χ0v) is 13.4. The lowest BCUT2D eigenvalue weighted by atomic mass is 10.1. The molecule has 1 N–H and O–H groups in total. The molecule has 0 bridgehead atoms. The number of aliphatic carboxylic acids is 1. The van der Waals surface area contributed by atoms with Crippen LogP contribution in [0.15, 0.2) is 30.3 Å². The van der Waals surface area contributed by atoms with Crippen molar-refractivity contribution < 1.29 is 19.1 Å². The van der Waals surface area contributed by atoms with Crippen LogP contribution in [0, 0.1) is 12.7 Å². The van der Waals surface area contributed by atoms with Crippen molar-refractivity contribution in [2.45, 2.75) is 25.8 Å². The Morgan fingerprint density at radius 1 is 1.30 bits per heavy atom. The Balaban J connectivity index is 1.90. The number of rotatable bonds is 3. The number of carbonyl (C=O) groups excluding carboxylic acids is 1. The first kappa shape index (κ1) is 15.7. The van der Waals surface area contributed by atoms with Gasteiger partial charge >= 0.3 is 5.97 Å². The highest BCUT2D eigenvalue weighted by atomic mass is 32.1. The zero-order valence-electron chi connectivity index (χ0n) is 12.6. The average molecular weight is 333 g/mol. The van der Waals surface area contributed by atoms with E-state index in [1.54, 1.807) is 18.2 Å². The SMILES string of the molecule is Cc1sc(C(=O)N2CCC[C@H]2C(=O)O)cc1-c1ccc(F)cc1. The molecule has 4 nitrogen and oxygen atoms in total. The molecule has 0 aliphatic carbocycles. The number of nitrogens with zero attached hydrogens (tertiary/aromatic N) is 1. The number of carboxylic acid groups (broad SMARTS) is 1. The molecule has 2 heterocycles. The molecule has 120 valence electrons. The number of thiophene rings is 1. The van der Waals surface area contributed by atoms with Crippen molar-refractivity contribution >= 4 is 23.2 Å². The second-order valence-corrected chi connectivity index (χ2v) is 6.84. The first-order chi connectivity index (χ1) is 11.0. The van der Waals surface area contributed by atoms with Crippen LogP contribution in [0.25, 0.3) is 11.1 Å². The number of carbonyl (C=O) groups is 2. The molecular weight excluding hydrogens is 317 g/mol. The molecule has 1 fully saturated rings. The Kier molecular flexibility index (Phi) is 4.17. The summed E-state index contributed by atoms with van der Waals surface area (Å²) in [6, 6.07) is 7.15. The highest BCUT2D eigenvalue weighted by Gasteiger charge is 2.35. The minimum absolute atomic E-state index is 0.239. The molecule has 1 aliphatic heterocycles. The third-order valence-corrected chi connectivity index (χ3v) is 5.12. The molecule has 1 aliphatic rings. The van der Waals surface area contributed by atoms with E-state index in [-0.39, 0.29) is 11.7 Å². The van der Waals surface area contributed by atoms with Crippen LogP contribution >= 0.6 is 11.3 Å². The van der Waals surface area contributed by atoms with E-state index in [1.165, 1.54) is 28.4 Å². The van der Waals surface area contributed by atoms with Crippen molar-refractivity contribution in [1.82, 2.24) is 4.90 Å². The van der Waals surface area contributed by atoms with Gasteiger partial charge in [-0.25, -0.2) is 9.18 Å². The molecule has 1 saturated heterocycles. The highest BCUT2D eigenvalue weighted by molar-refractivity contribution is 7.14. The fourth-order valence-corrected chi connectivity index (χ4v) is 3.91. The third-order valence-electron chi connectivity index (χ3n) is 4.08. The van der Waals surface area contributed by atoms with Gasteiger partial charge in [0, 0.05) is 11.4 Å². The Morgan fingerprint density at radius 2 is 2.00 bits per heavy atom. The fourth-order valence-electron chi connectivity index (χ4n) is 2.91. The monoisotopic (exact) mass is 333 g/mol. The molecule has 1 aromatic carbocycles. The molecule has 1 amide bonds. The molecule has 0 saturated carbocycles. The standard InChI is InChI=1S/C17H16FNO3S/c1-10-13(11-4-6-12(18)7-5-11)9-15(23-10)16(20)19-8-2-3-14(19)17(21)22/h4-7,9,14H,2-3,8H2,1H3,(H,21,22)/t14-/m0/s1. The Bertz CT molecular complexity index is 754. The molecule has 0 radical (unpaired) electrons. The van der Waals surface area contributed by atoms with Gasteiger partial charge < -0.3 is 10.0 Å². The molecule has 1 aromatic heterocycles. The summed E-state index contributed by atoms with van der Waals surface area (Å²) in [7, 11) is 0. The number of hydrogen-bond acceptors (Lipinski definition) is 3. The summed E-state index contributed by atoms with van der Waals surface area (Å²) >= 11 is 1.34. The molecule has 6 heteroatoms. The van der Waals surface area contributed by atoms with Gasteiger partial charge in [-0.1, -0.05) is 12.1 Å². The number of aryl methyl sites for hydroxylation is 1. The van der Waals surface area contributed by atoms with Crippen molar-refractivity contribution in [2.24, 2.45) is 0 Å². The molecule has 2 aromatic rings. The van der Waals surface area contributed by atoms with Crippen LogP contribution in [0.1, 0.15) is 27.4 Å². The molecular formula is C17H16FNO3S. The molecule has 23 heavy (non-hydrogen) atoms. The average Bonchev–Trinajstić information content (AvgIpc) is 3.14. The maximum absolute atomic E-state index is 13.0. The molecule has 3 rings (SSSR count). The second kappa shape index (κ2) is 6.12. The van der Waals surface area contributed by atoms with Crippen molar-refractivity contribution in [1.29, 1.82) is 0 Å². The van der Waals surface area contributed by atoms with Crippen molar-refractivity contribution in [3.8, 4) is 11.1 Å². The minimum atomic E-state index is -0.956. The predicted octanol–water partition coefficient (Wildman–Crippen LogP) is 3.55. The number of benzene rings is 1. The molecule has 1 atom stereocenters. The lowest BCUT2D eigenvalue weighted by Gasteiger charge is -2.20. The van der Waals surface area contributed by atoms with E-state index < -0.39 is 12.0 Å². The van der Waals surface area contributed by atoms with E-state index in [2.05, 4.69) is 0 Å². The minimum Gasteiger partial charge on any atom is -0.480 e. The summed E-state index contributed by atoms with van der Waals surface area (Å²) in [6.45, 7) is 2.37. The normalized spacial score (nSPS) is 17.5. The second-order valence-electron chi connectivity index (χ2n) is 5.58. The topological polar surface area (TPSA) is 57.6 Å². The lowest BCUT2D eigenvalue weighted by molar-refractivity contribution is -0.141. The summed E-state index contributed by atoms with van der Waals surface area (Å²) in [4.78, 5) is 26.8. The summed E-state index contributed by atoms with van der Waals surface area (Å²) in [6.07, 6.45) is 1.20. The zero-order chi connectivity index (χ0) is 16.6. The Morgan fingerprint density at radius 3 is 2.65 bits per heavy atom. The first-order valence-corrected chi connectivity index (χ1v) is 8.19. The van der Waals surface area contributed by atoms with Crippen LogP contribution in [0.4, 0.5) is 4.39 Å². The van der Waals surface area contributed by atoms with Gasteiger partial charge in [-0.15, -0.1) is 11.3 Å². The molecule has 0 unspecified atom stereocenters. The third kappa shape index (κ3) is 2.99. The van der Waals surface area contributed by atoms with Crippen molar-refractivity contribution in [3.63, 3.8) is 0 Å². The van der Waals surface area contributed by atoms with E-state index in [0.29, 0.717) is 24.3 Å². The fraction of sp³-hybridized carbons (Fsp3) is 0.294. The Labute approximate surface area is 137 Å². The van der Waals surface area contributed by atoms with Gasteiger partial charge in [0.15, 0.2) is 0 Å². The largest absolute Gasteiger partial charge is 0.480 e. The number of likely N-dealkylation sites (tertiary alicyclic amines) is 1. The molecule has 0 spiro atoms. The van der Waals surface area contributed by atoms with Gasteiger partial charge in [0.25, 0.3) is 5.91 Å². The van der Waals surface area contributed by atoms with E-state index in [9.17, 15) is 19.1 Å². The van der Waals surface area contributed by atoms with Gasteiger partial charge in [0.2, 0.25) is 0 Å². The summed E-state index contributed by atoms with van der Waals surface area (Å²) in [5, 5.41) is 9.22. The smallest absolute Gasteiger partial charge is 0.326 e. The van der Waals surface area contributed by atoms with Crippen LogP contribution in [0.5, 0.6) is 0 Å².